The van der Waals surface area contributed by atoms with Crippen LogP contribution in [0.3, 0.4) is 0 Å². The molecule has 1 aliphatic heterocycles. The number of aryl methyl sites for hydroxylation is 1. The van der Waals surface area contributed by atoms with E-state index in [1.807, 2.05) is 42.7 Å². The van der Waals surface area contributed by atoms with Gasteiger partial charge >= 0.3 is 6.03 Å². The zero-order valence-electron chi connectivity index (χ0n) is 16.6. The average Bonchev–Trinajstić information content (AvgIpc) is 2.99. The van der Waals surface area contributed by atoms with Crippen LogP contribution in [0.25, 0.3) is 11.8 Å². The first-order chi connectivity index (χ1) is 14.8. The van der Waals surface area contributed by atoms with E-state index in [1.165, 1.54) is 18.2 Å². The number of benzene rings is 2. The standard InChI is InChI=1S/C23H17ClFN3O3/c1-13-10-15(14(2)27(13)19-5-3-4-16(24)12-19)11-20-21(29)26-23(31)28(22(20)30)18-8-6-17(25)7-9-18/h3-12H,1-2H3,(H,26,29,31)/b20-11+. The minimum absolute atomic E-state index is 0.159. The molecule has 0 aliphatic carbocycles. The summed E-state index contributed by atoms with van der Waals surface area (Å²) in [4.78, 5) is 38.5. The molecule has 31 heavy (non-hydrogen) atoms. The summed E-state index contributed by atoms with van der Waals surface area (Å²) < 4.78 is 15.2. The third-order valence-electron chi connectivity index (χ3n) is 5.02. The Morgan fingerprint density at radius 2 is 1.68 bits per heavy atom. The van der Waals surface area contributed by atoms with Gasteiger partial charge in [0, 0.05) is 22.1 Å². The summed E-state index contributed by atoms with van der Waals surface area (Å²) in [5.74, 6) is -2.08. The van der Waals surface area contributed by atoms with Crippen molar-refractivity contribution in [1.29, 1.82) is 0 Å². The first-order valence-corrected chi connectivity index (χ1v) is 9.76. The quantitative estimate of drug-likeness (QED) is 0.482. The van der Waals surface area contributed by atoms with Crippen LogP contribution in [0.2, 0.25) is 5.02 Å². The number of halogens is 2. The lowest BCUT2D eigenvalue weighted by molar-refractivity contribution is -0.122. The second-order valence-corrected chi connectivity index (χ2v) is 7.51. The predicted octanol–water partition coefficient (Wildman–Crippen LogP) is 4.55. The number of barbiturate groups is 1. The molecule has 1 saturated heterocycles. The van der Waals surface area contributed by atoms with Crippen molar-refractivity contribution in [2.24, 2.45) is 0 Å². The molecular weight excluding hydrogens is 421 g/mol. The zero-order valence-corrected chi connectivity index (χ0v) is 17.4. The Bertz CT molecular complexity index is 1260. The number of anilines is 1. The van der Waals surface area contributed by atoms with Gasteiger partial charge in [-0.15, -0.1) is 0 Å². The smallest absolute Gasteiger partial charge is 0.318 e. The predicted molar refractivity (Wildman–Crippen MR) is 116 cm³/mol. The lowest BCUT2D eigenvalue weighted by Gasteiger charge is -2.26. The topological polar surface area (TPSA) is 71.4 Å². The maximum Gasteiger partial charge on any atom is 0.335 e. The van der Waals surface area contributed by atoms with E-state index in [2.05, 4.69) is 5.32 Å². The van der Waals surface area contributed by atoms with Gasteiger partial charge in [-0.2, -0.15) is 0 Å². The average molecular weight is 438 g/mol. The Labute approximate surface area is 182 Å². The number of hydrogen-bond donors (Lipinski definition) is 1. The molecule has 1 N–H and O–H groups in total. The van der Waals surface area contributed by atoms with Crippen LogP contribution in [0.5, 0.6) is 0 Å². The maximum atomic E-state index is 13.2. The zero-order chi connectivity index (χ0) is 22.3. The number of nitrogens with one attached hydrogen (secondary N) is 1. The van der Waals surface area contributed by atoms with Crippen molar-refractivity contribution in [1.82, 2.24) is 9.88 Å². The SMILES string of the molecule is Cc1cc(/C=C2\C(=O)NC(=O)N(c3ccc(F)cc3)C2=O)c(C)n1-c1cccc(Cl)c1. The number of carbonyl (C=O) groups excluding carboxylic acids is 3. The molecule has 0 saturated carbocycles. The number of rotatable bonds is 3. The van der Waals surface area contributed by atoms with Gasteiger partial charge in [0.15, 0.2) is 0 Å². The molecule has 0 unspecified atom stereocenters. The molecule has 0 spiro atoms. The van der Waals surface area contributed by atoms with Gasteiger partial charge in [0.05, 0.1) is 5.69 Å². The van der Waals surface area contributed by atoms with Crippen LogP contribution < -0.4 is 10.2 Å². The van der Waals surface area contributed by atoms with Crippen molar-refractivity contribution in [2.45, 2.75) is 13.8 Å². The van der Waals surface area contributed by atoms with E-state index < -0.39 is 23.7 Å². The van der Waals surface area contributed by atoms with E-state index in [1.54, 1.807) is 6.07 Å². The van der Waals surface area contributed by atoms with E-state index in [4.69, 9.17) is 11.6 Å². The molecule has 1 fully saturated rings. The van der Waals surface area contributed by atoms with Crippen LogP contribution in [-0.4, -0.2) is 22.4 Å². The first-order valence-electron chi connectivity index (χ1n) is 9.38. The highest BCUT2D eigenvalue weighted by Gasteiger charge is 2.37. The lowest BCUT2D eigenvalue weighted by atomic mass is 10.1. The normalized spacial score (nSPS) is 15.5. The fourth-order valence-corrected chi connectivity index (χ4v) is 3.77. The van der Waals surface area contributed by atoms with Gasteiger partial charge in [-0.05, 0) is 74.0 Å². The summed E-state index contributed by atoms with van der Waals surface area (Å²) in [6, 6.07) is 13.1. The first kappa shape index (κ1) is 20.6. The summed E-state index contributed by atoms with van der Waals surface area (Å²) in [5, 5.41) is 2.75. The van der Waals surface area contributed by atoms with Crippen LogP contribution >= 0.6 is 11.6 Å². The van der Waals surface area contributed by atoms with Gasteiger partial charge in [-0.1, -0.05) is 17.7 Å². The Hall–Kier alpha value is -3.71. The molecule has 3 aromatic rings. The van der Waals surface area contributed by atoms with Crippen molar-refractivity contribution in [3.63, 3.8) is 0 Å². The number of amides is 4. The minimum Gasteiger partial charge on any atom is -0.318 e. The van der Waals surface area contributed by atoms with Gasteiger partial charge in [-0.25, -0.2) is 14.1 Å². The Morgan fingerprint density at radius 1 is 0.968 bits per heavy atom. The molecule has 0 bridgehead atoms. The molecule has 0 radical (unpaired) electrons. The van der Waals surface area contributed by atoms with Crippen molar-refractivity contribution < 1.29 is 18.8 Å². The van der Waals surface area contributed by atoms with E-state index in [0.717, 1.165) is 34.1 Å². The summed E-state index contributed by atoms with van der Waals surface area (Å²) in [5.41, 5.74) is 3.11. The van der Waals surface area contributed by atoms with Gasteiger partial charge in [0.25, 0.3) is 11.8 Å². The van der Waals surface area contributed by atoms with Crippen LogP contribution in [0.4, 0.5) is 14.9 Å². The highest BCUT2D eigenvalue weighted by molar-refractivity contribution is 6.39. The van der Waals surface area contributed by atoms with Crippen molar-refractivity contribution in [2.75, 3.05) is 4.90 Å². The van der Waals surface area contributed by atoms with Crippen LogP contribution in [0, 0.1) is 19.7 Å². The molecule has 0 atom stereocenters. The third kappa shape index (κ3) is 3.75. The molecule has 1 aromatic heterocycles. The van der Waals surface area contributed by atoms with Gasteiger partial charge < -0.3 is 4.57 Å². The van der Waals surface area contributed by atoms with Crippen molar-refractivity contribution >= 4 is 41.2 Å². The molecule has 2 heterocycles. The lowest BCUT2D eigenvalue weighted by Crippen LogP contribution is -2.54. The highest BCUT2D eigenvalue weighted by atomic mass is 35.5. The van der Waals surface area contributed by atoms with Gasteiger partial charge in [0.2, 0.25) is 0 Å². The Kier molecular flexibility index (Phi) is 5.20. The number of aromatic nitrogens is 1. The van der Waals surface area contributed by atoms with Crippen LogP contribution in [-0.2, 0) is 9.59 Å². The van der Waals surface area contributed by atoms with Crippen molar-refractivity contribution in [3.05, 3.63) is 88.0 Å². The van der Waals surface area contributed by atoms with E-state index >= 15 is 0 Å². The molecule has 6 nitrogen and oxygen atoms in total. The summed E-state index contributed by atoms with van der Waals surface area (Å²) in [6.07, 6.45) is 1.45. The van der Waals surface area contributed by atoms with Crippen LogP contribution in [0.1, 0.15) is 17.0 Å². The number of hydrogen-bond acceptors (Lipinski definition) is 3. The summed E-state index contributed by atoms with van der Waals surface area (Å²) in [7, 11) is 0. The molecule has 4 amide bonds. The minimum atomic E-state index is -0.886. The second kappa shape index (κ2) is 7.85. The number of urea groups is 1. The number of nitrogens with zero attached hydrogens (tertiary/aromatic N) is 2. The maximum absolute atomic E-state index is 13.2. The van der Waals surface area contributed by atoms with Gasteiger partial charge in [-0.3, -0.25) is 14.9 Å². The monoisotopic (exact) mass is 437 g/mol. The third-order valence-corrected chi connectivity index (χ3v) is 5.26. The molecule has 4 rings (SSSR count). The van der Waals surface area contributed by atoms with Crippen molar-refractivity contribution in [3.8, 4) is 5.69 Å². The second-order valence-electron chi connectivity index (χ2n) is 7.08. The highest BCUT2D eigenvalue weighted by Crippen LogP contribution is 2.27. The molecular formula is C23H17ClFN3O3. The molecule has 156 valence electrons. The van der Waals surface area contributed by atoms with E-state index in [9.17, 15) is 18.8 Å². The van der Waals surface area contributed by atoms with Gasteiger partial charge in [0.1, 0.15) is 11.4 Å². The number of carbonyl (C=O) groups is 3. The largest absolute Gasteiger partial charge is 0.335 e. The van der Waals surface area contributed by atoms with E-state index in [0.29, 0.717) is 10.6 Å². The summed E-state index contributed by atoms with van der Waals surface area (Å²) in [6.45, 7) is 3.75. The fraction of sp³-hybridized carbons (Fsp3) is 0.0870. The Balaban J connectivity index is 1.76. The molecule has 8 heteroatoms. The molecule has 2 aromatic carbocycles. The van der Waals surface area contributed by atoms with Crippen LogP contribution in [0.15, 0.2) is 60.2 Å². The molecule has 1 aliphatic rings. The van der Waals surface area contributed by atoms with E-state index in [-0.39, 0.29) is 11.3 Å². The Morgan fingerprint density at radius 3 is 2.35 bits per heavy atom. The summed E-state index contributed by atoms with van der Waals surface area (Å²) >= 11 is 6.11. The number of imide groups is 2. The fourth-order valence-electron chi connectivity index (χ4n) is 3.58.